The predicted octanol–water partition coefficient (Wildman–Crippen LogP) is -0.190. The number of carbonyl (C=O) groups is 2. The molecular formula is C10H20N2O5. The second kappa shape index (κ2) is 7.08. The molecule has 17 heavy (non-hydrogen) atoms. The lowest BCUT2D eigenvalue weighted by Gasteiger charge is -2.26. The molecule has 0 aliphatic heterocycles. The Bertz CT molecular complexity index is 267. The molecule has 0 rings (SSSR count). The Morgan fingerprint density at radius 2 is 1.88 bits per heavy atom. The largest absolute Gasteiger partial charge is 0.480 e. The molecule has 0 bridgehead atoms. The number of carbonyl (C=O) groups excluding carboxylic acids is 1. The predicted molar refractivity (Wildman–Crippen MR) is 60.9 cm³/mol. The number of ether oxygens (including phenoxy) is 2. The first-order valence-electron chi connectivity index (χ1n) is 5.11. The van der Waals surface area contributed by atoms with E-state index >= 15 is 0 Å². The molecule has 0 aromatic rings. The summed E-state index contributed by atoms with van der Waals surface area (Å²) in [4.78, 5) is 22.3. The molecule has 0 aliphatic rings. The third-order valence-corrected chi connectivity index (χ3v) is 1.89. The molecule has 0 fully saturated rings. The fraction of sp³-hybridized carbons (Fsp3) is 0.800. The third kappa shape index (κ3) is 6.75. The molecule has 1 atom stereocenters. The van der Waals surface area contributed by atoms with Crippen LogP contribution in [0.1, 0.15) is 13.8 Å². The van der Waals surface area contributed by atoms with Gasteiger partial charge < -0.3 is 25.2 Å². The molecule has 0 aromatic heterocycles. The lowest BCUT2D eigenvalue weighted by molar-refractivity contribution is -0.140. The number of rotatable bonds is 7. The molecule has 1 unspecified atom stereocenters. The van der Waals surface area contributed by atoms with Crippen LogP contribution in [-0.4, -0.2) is 56.1 Å². The van der Waals surface area contributed by atoms with Crippen molar-refractivity contribution < 1.29 is 24.2 Å². The zero-order valence-electron chi connectivity index (χ0n) is 10.6. The first kappa shape index (κ1) is 15.7. The van der Waals surface area contributed by atoms with Crippen LogP contribution in [0.25, 0.3) is 0 Å². The summed E-state index contributed by atoms with van der Waals surface area (Å²) in [5.41, 5.74) is -0.574. The highest BCUT2D eigenvalue weighted by Gasteiger charge is 2.24. The number of methoxy groups -OCH3 is 2. The van der Waals surface area contributed by atoms with E-state index in [2.05, 4.69) is 10.6 Å². The summed E-state index contributed by atoms with van der Waals surface area (Å²) in [6.07, 6.45) is 0. The van der Waals surface area contributed by atoms with Crippen LogP contribution in [0.2, 0.25) is 0 Å². The highest BCUT2D eigenvalue weighted by atomic mass is 16.5. The average molecular weight is 248 g/mol. The van der Waals surface area contributed by atoms with Gasteiger partial charge in [-0.25, -0.2) is 9.59 Å². The highest BCUT2D eigenvalue weighted by molar-refractivity contribution is 5.82. The van der Waals surface area contributed by atoms with Crippen LogP contribution in [0.15, 0.2) is 0 Å². The van der Waals surface area contributed by atoms with Crippen LogP contribution in [0, 0.1) is 0 Å². The van der Waals surface area contributed by atoms with Crippen molar-refractivity contribution in [2.24, 2.45) is 0 Å². The normalized spacial score (nSPS) is 12.9. The number of carboxylic acid groups (broad SMARTS) is 1. The summed E-state index contributed by atoms with van der Waals surface area (Å²) >= 11 is 0. The smallest absolute Gasteiger partial charge is 0.328 e. The monoisotopic (exact) mass is 248 g/mol. The molecule has 0 aromatic carbocycles. The number of amides is 2. The first-order valence-corrected chi connectivity index (χ1v) is 5.11. The van der Waals surface area contributed by atoms with E-state index in [1.165, 1.54) is 14.2 Å². The Labute approximate surface area is 100 Å². The molecule has 100 valence electrons. The van der Waals surface area contributed by atoms with Crippen molar-refractivity contribution in [3.05, 3.63) is 0 Å². The second-order valence-corrected chi connectivity index (χ2v) is 4.26. The van der Waals surface area contributed by atoms with Crippen molar-refractivity contribution in [1.29, 1.82) is 0 Å². The average Bonchev–Trinajstić information content (AvgIpc) is 2.15. The fourth-order valence-electron chi connectivity index (χ4n) is 1.24. The van der Waals surface area contributed by atoms with Crippen molar-refractivity contribution in [2.75, 3.05) is 27.4 Å². The van der Waals surface area contributed by atoms with E-state index < -0.39 is 23.6 Å². The number of hydrogen-bond donors (Lipinski definition) is 3. The van der Waals surface area contributed by atoms with E-state index in [0.29, 0.717) is 6.61 Å². The Morgan fingerprint density at radius 1 is 1.29 bits per heavy atom. The van der Waals surface area contributed by atoms with Gasteiger partial charge in [-0.05, 0) is 13.8 Å². The molecule has 0 saturated heterocycles. The van der Waals surface area contributed by atoms with Gasteiger partial charge in [0, 0.05) is 14.2 Å². The standard InChI is InChI=1S/C10H20N2O5/c1-10(2,6-17-4)12-9(15)11-7(5-16-3)8(13)14/h7H,5-6H2,1-4H3,(H,13,14)(H2,11,12,15). The molecule has 7 heteroatoms. The molecule has 0 heterocycles. The van der Waals surface area contributed by atoms with Crippen LogP contribution in [-0.2, 0) is 14.3 Å². The molecule has 2 amide bonds. The van der Waals surface area contributed by atoms with Gasteiger partial charge >= 0.3 is 12.0 Å². The number of nitrogens with one attached hydrogen (secondary N) is 2. The minimum absolute atomic E-state index is 0.0898. The maximum atomic E-state index is 11.5. The van der Waals surface area contributed by atoms with E-state index in [1.54, 1.807) is 13.8 Å². The summed E-state index contributed by atoms with van der Waals surface area (Å²) in [6, 6.07) is -1.64. The maximum absolute atomic E-state index is 11.5. The van der Waals surface area contributed by atoms with Gasteiger partial charge in [-0.2, -0.15) is 0 Å². The lowest BCUT2D eigenvalue weighted by Crippen LogP contribution is -2.55. The zero-order chi connectivity index (χ0) is 13.5. The van der Waals surface area contributed by atoms with Crippen LogP contribution in [0.3, 0.4) is 0 Å². The van der Waals surface area contributed by atoms with E-state index in [4.69, 9.17) is 14.6 Å². The number of carboxylic acids is 1. The summed E-state index contributed by atoms with van der Waals surface area (Å²) in [6.45, 7) is 3.76. The summed E-state index contributed by atoms with van der Waals surface area (Å²) in [5.74, 6) is -1.15. The molecule has 0 spiro atoms. The summed E-state index contributed by atoms with van der Waals surface area (Å²) in [7, 11) is 2.89. The molecule has 0 aliphatic carbocycles. The number of aliphatic carboxylic acids is 1. The van der Waals surface area contributed by atoms with Crippen molar-refractivity contribution in [3.8, 4) is 0 Å². The molecule has 0 radical (unpaired) electrons. The van der Waals surface area contributed by atoms with Crippen molar-refractivity contribution in [2.45, 2.75) is 25.4 Å². The van der Waals surface area contributed by atoms with Crippen LogP contribution >= 0.6 is 0 Å². The second-order valence-electron chi connectivity index (χ2n) is 4.26. The molecule has 3 N–H and O–H groups in total. The minimum Gasteiger partial charge on any atom is -0.480 e. The fourth-order valence-corrected chi connectivity index (χ4v) is 1.24. The Hall–Kier alpha value is -1.34. The minimum atomic E-state index is -1.15. The van der Waals surface area contributed by atoms with Crippen LogP contribution < -0.4 is 10.6 Å². The SMILES string of the molecule is COCC(NC(=O)NC(C)(C)COC)C(=O)O. The van der Waals surface area contributed by atoms with Gasteiger partial charge in [-0.15, -0.1) is 0 Å². The summed E-state index contributed by atoms with van der Waals surface area (Å²) in [5, 5.41) is 13.7. The van der Waals surface area contributed by atoms with Gasteiger partial charge in [0.25, 0.3) is 0 Å². The number of hydrogen-bond acceptors (Lipinski definition) is 4. The van der Waals surface area contributed by atoms with Crippen LogP contribution in [0.4, 0.5) is 4.79 Å². The number of urea groups is 1. The molecular weight excluding hydrogens is 228 g/mol. The highest BCUT2D eigenvalue weighted by Crippen LogP contribution is 2.01. The van der Waals surface area contributed by atoms with Crippen LogP contribution in [0.5, 0.6) is 0 Å². The Kier molecular flexibility index (Phi) is 6.52. The third-order valence-electron chi connectivity index (χ3n) is 1.89. The maximum Gasteiger partial charge on any atom is 0.328 e. The van der Waals surface area contributed by atoms with Gasteiger partial charge in [0.05, 0.1) is 18.8 Å². The lowest BCUT2D eigenvalue weighted by atomic mass is 10.1. The van der Waals surface area contributed by atoms with Gasteiger partial charge in [0.2, 0.25) is 0 Å². The van der Waals surface area contributed by atoms with Gasteiger partial charge in [-0.1, -0.05) is 0 Å². The molecule has 7 nitrogen and oxygen atoms in total. The van der Waals surface area contributed by atoms with Crippen molar-refractivity contribution in [3.63, 3.8) is 0 Å². The van der Waals surface area contributed by atoms with Gasteiger partial charge in [0.1, 0.15) is 0 Å². The Balaban J connectivity index is 4.27. The van der Waals surface area contributed by atoms with Crippen molar-refractivity contribution >= 4 is 12.0 Å². The van der Waals surface area contributed by atoms with E-state index in [-0.39, 0.29) is 6.61 Å². The van der Waals surface area contributed by atoms with Gasteiger partial charge in [0.15, 0.2) is 6.04 Å². The Morgan fingerprint density at radius 3 is 2.29 bits per heavy atom. The zero-order valence-corrected chi connectivity index (χ0v) is 10.6. The van der Waals surface area contributed by atoms with E-state index in [1.807, 2.05) is 0 Å². The van der Waals surface area contributed by atoms with Gasteiger partial charge in [-0.3, -0.25) is 0 Å². The topological polar surface area (TPSA) is 96.9 Å². The van der Waals surface area contributed by atoms with E-state index in [9.17, 15) is 9.59 Å². The first-order chi connectivity index (χ1) is 7.82. The quantitative estimate of drug-likeness (QED) is 0.580. The van der Waals surface area contributed by atoms with E-state index in [0.717, 1.165) is 0 Å². The van der Waals surface area contributed by atoms with Crippen molar-refractivity contribution in [1.82, 2.24) is 10.6 Å². The molecule has 0 saturated carbocycles. The summed E-state index contributed by atoms with van der Waals surface area (Å²) < 4.78 is 9.62.